The van der Waals surface area contributed by atoms with Gasteiger partial charge in [-0.05, 0) is 58.0 Å². The van der Waals surface area contributed by atoms with Crippen LogP contribution < -0.4 is 10.6 Å². The highest BCUT2D eigenvalue weighted by Gasteiger charge is 2.33. The van der Waals surface area contributed by atoms with Crippen LogP contribution in [0.25, 0.3) is 0 Å². The van der Waals surface area contributed by atoms with Gasteiger partial charge in [-0.1, -0.05) is 11.6 Å². The lowest BCUT2D eigenvalue weighted by molar-refractivity contribution is -0.118. The molecule has 0 bridgehead atoms. The highest BCUT2D eigenvalue weighted by Crippen LogP contribution is 2.33. The van der Waals surface area contributed by atoms with E-state index in [0.29, 0.717) is 17.1 Å². The molecule has 1 amide bonds. The summed E-state index contributed by atoms with van der Waals surface area (Å²) in [6, 6.07) is 6.29. The molecule has 2 N–H and O–H groups in total. The molecule has 3 rings (SSSR count). The van der Waals surface area contributed by atoms with Crippen molar-refractivity contribution >= 4 is 23.2 Å². The second-order valence-corrected chi connectivity index (χ2v) is 6.66. The molecule has 0 aliphatic carbocycles. The summed E-state index contributed by atoms with van der Waals surface area (Å²) in [5.41, 5.74) is 1.85. The molecule has 1 fully saturated rings. The third-order valence-electron chi connectivity index (χ3n) is 4.51. The molecule has 2 aliphatic rings. The normalized spacial score (nSPS) is 23.4. The van der Waals surface area contributed by atoms with E-state index in [-0.39, 0.29) is 11.9 Å². The van der Waals surface area contributed by atoms with Crippen molar-refractivity contribution in [2.75, 3.05) is 18.4 Å². The highest BCUT2D eigenvalue weighted by molar-refractivity contribution is 6.31. The molecule has 0 saturated carbocycles. The largest absolute Gasteiger partial charge is 0.324 e. The lowest BCUT2D eigenvalue weighted by Crippen LogP contribution is -2.46. The van der Waals surface area contributed by atoms with Crippen LogP contribution in [0.3, 0.4) is 0 Å². The van der Waals surface area contributed by atoms with Gasteiger partial charge in [0.05, 0.1) is 0 Å². The van der Waals surface area contributed by atoms with E-state index >= 15 is 0 Å². The van der Waals surface area contributed by atoms with Crippen LogP contribution in [0.4, 0.5) is 5.69 Å². The number of nitrogens with zero attached hydrogens (tertiary/aromatic N) is 1. The summed E-state index contributed by atoms with van der Waals surface area (Å²) in [6.07, 6.45) is 2.16. The summed E-state index contributed by atoms with van der Waals surface area (Å²) in [6.45, 7) is 6.64. The summed E-state index contributed by atoms with van der Waals surface area (Å²) < 4.78 is 0. The van der Waals surface area contributed by atoms with Crippen LogP contribution in [0.15, 0.2) is 18.2 Å². The Kier molecular flexibility index (Phi) is 4.20. The van der Waals surface area contributed by atoms with E-state index in [1.807, 2.05) is 18.2 Å². The van der Waals surface area contributed by atoms with Gasteiger partial charge in [0.25, 0.3) is 0 Å². The zero-order chi connectivity index (χ0) is 15.0. The van der Waals surface area contributed by atoms with Crippen molar-refractivity contribution in [1.29, 1.82) is 0 Å². The number of rotatable bonds is 3. The molecule has 21 heavy (non-hydrogen) atoms. The van der Waals surface area contributed by atoms with Gasteiger partial charge in [-0.3, -0.25) is 10.1 Å². The molecule has 1 unspecified atom stereocenters. The average Bonchev–Trinajstić information content (AvgIpc) is 2.76. The Morgan fingerprint density at radius 3 is 2.71 bits per heavy atom. The first-order chi connectivity index (χ1) is 10.0. The first-order valence-electron chi connectivity index (χ1n) is 7.65. The third kappa shape index (κ3) is 3.07. The Morgan fingerprint density at radius 1 is 1.33 bits per heavy atom. The van der Waals surface area contributed by atoms with Crippen LogP contribution in [0.1, 0.15) is 38.3 Å². The Balaban J connectivity index is 1.67. The minimum absolute atomic E-state index is 0.0264. The molecular formula is C16H22ClN3O. The van der Waals surface area contributed by atoms with E-state index in [1.54, 1.807) is 0 Å². The van der Waals surface area contributed by atoms with Gasteiger partial charge in [0, 0.05) is 28.4 Å². The summed E-state index contributed by atoms with van der Waals surface area (Å²) in [5, 5.41) is 7.11. The summed E-state index contributed by atoms with van der Waals surface area (Å²) >= 11 is 6.06. The van der Waals surface area contributed by atoms with Crippen LogP contribution in [0, 0.1) is 0 Å². The van der Waals surface area contributed by atoms with Crippen molar-refractivity contribution in [3.05, 3.63) is 28.8 Å². The number of benzene rings is 1. The van der Waals surface area contributed by atoms with E-state index in [4.69, 9.17) is 11.6 Å². The van der Waals surface area contributed by atoms with Crippen molar-refractivity contribution in [2.45, 2.75) is 44.8 Å². The Morgan fingerprint density at radius 2 is 2.05 bits per heavy atom. The number of carbonyl (C=O) groups excluding carboxylic acids is 1. The lowest BCUT2D eigenvalue weighted by atomic mass is 10.0. The molecule has 2 heterocycles. The molecule has 1 aromatic carbocycles. The Hall–Kier alpha value is -1.10. The second-order valence-electron chi connectivity index (χ2n) is 6.22. The number of likely N-dealkylation sites (tertiary alicyclic amines) is 1. The zero-order valence-corrected chi connectivity index (χ0v) is 13.3. The first kappa shape index (κ1) is 14.8. The summed E-state index contributed by atoms with van der Waals surface area (Å²) in [7, 11) is 0. The monoisotopic (exact) mass is 307 g/mol. The van der Waals surface area contributed by atoms with Crippen LogP contribution in [0.5, 0.6) is 0 Å². The number of hydrogen-bond acceptors (Lipinski definition) is 3. The molecule has 2 aliphatic heterocycles. The zero-order valence-electron chi connectivity index (χ0n) is 12.5. The molecule has 1 aromatic rings. The van der Waals surface area contributed by atoms with E-state index in [2.05, 4.69) is 29.4 Å². The van der Waals surface area contributed by atoms with Crippen LogP contribution in [-0.2, 0) is 4.79 Å². The smallest absolute Gasteiger partial charge is 0.246 e. The van der Waals surface area contributed by atoms with Crippen molar-refractivity contribution in [3.63, 3.8) is 0 Å². The van der Waals surface area contributed by atoms with Crippen LogP contribution >= 0.6 is 11.6 Å². The highest BCUT2D eigenvalue weighted by atomic mass is 35.5. The Bertz CT molecular complexity index is 538. The fourth-order valence-corrected chi connectivity index (χ4v) is 3.40. The fraction of sp³-hybridized carbons (Fsp3) is 0.562. The van der Waals surface area contributed by atoms with E-state index in [0.717, 1.165) is 37.2 Å². The minimum atomic E-state index is -0.269. The predicted octanol–water partition coefficient (Wildman–Crippen LogP) is 2.80. The van der Waals surface area contributed by atoms with Crippen LogP contribution in [0.2, 0.25) is 5.02 Å². The molecule has 0 aromatic heterocycles. The molecule has 4 nitrogen and oxygen atoms in total. The number of nitrogens with one attached hydrogen (secondary N) is 2. The van der Waals surface area contributed by atoms with Gasteiger partial charge in [-0.15, -0.1) is 0 Å². The molecule has 0 spiro atoms. The molecule has 1 atom stereocenters. The molecule has 5 heteroatoms. The minimum Gasteiger partial charge on any atom is -0.324 e. The van der Waals surface area contributed by atoms with Gasteiger partial charge < -0.3 is 10.2 Å². The maximum atomic E-state index is 12.2. The van der Waals surface area contributed by atoms with Gasteiger partial charge in [0.15, 0.2) is 0 Å². The van der Waals surface area contributed by atoms with Gasteiger partial charge >= 0.3 is 0 Å². The first-order valence-corrected chi connectivity index (χ1v) is 8.03. The maximum absolute atomic E-state index is 12.2. The van der Waals surface area contributed by atoms with Crippen molar-refractivity contribution in [1.82, 2.24) is 10.2 Å². The third-order valence-corrected chi connectivity index (χ3v) is 4.74. The van der Waals surface area contributed by atoms with Crippen LogP contribution in [-0.4, -0.2) is 36.0 Å². The van der Waals surface area contributed by atoms with E-state index in [1.165, 1.54) is 0 Å². The van der Waals surface area contributed by atoms with Gasteiger partial charge in [-0.25, -0.2) is 0 Å². The standard InChI is InChI=1S/C16H22ClN3O/c1-10(2)20-7-5-12(6-8-20)18-15-13-9-11(17)3-4-14(13)19-16(15)21/h3-4,9-10,12,15,18H,5-8H2,1-2H3,(H,19,21). The SMILES string of the molecule is CC(C)N1CCC(NC2C(=O)Nc3ccc(Cl)cc32)CC1. The number of fused-ring (bicyclic) bond motifs is 1. The van der Waals surface area contributed by atoms with E-state index in [9.17, 15) is 4.79 Å². The maximum Gasteiger partial charge on any atom is 0.246 e. The number of amides is 1. The number of piperidine rings is 1. The van der Waals surface area contributed by atoms with Gasteiger partial charge in [0.1, 0.15) is 6.04 Å². The quantitative estimate of drug-likeness (QED) is 0.902. The van der Waals surface area contributed by atoms with Gasteiger partial charge in [-0.2, -0.15) is 0 Å². The fourth-order valence-electron chi connectivity index (χ4n) is 3.22. The van der Waals surface area contributed by atoms with Crippen molar-refractivity contribution in [3.8, 4) is 0 Å². The summed E-state index contributed by atoms with van der Waals surface area (Å²) in [4.78, 5) is 14.6. The topological polar surface area (TPSA) is 44.4 Å². The summed E-state index contributed by atoms with van der Waals surface area (Å²) in [5.74, 6) is 0.0264. The second kappa shape index (κ2) is 5.95. The molecule has 1 saturated heterocycles. The number of carbonyl (C=O) groups is 1. The number of halogens is 1. The Labute approximate surface area is 130 Å². The molecule has 0 radical (unpaired) electrons. The number of hydrogen-bond donors (Lipinski definition) is 2. The van der Waals surface area contributed by atoms with Gasteiger partial charge in [0.2, 0.25) is 5.91 Å². The molecule has 114 valence electrons. The predicted molar refractivity (Wildman–Crippen MR) is 85.7 cm³/mol. The number of anilines is 1. The lowest BCUT2D eigenvalue weighted by Gasteiger charge is -2.35. The van der Waals surface area contributed by atoms with Crippen molar-refractivity contribution in [2.24, 2.45) is 0 Å². The average molecular weight is 308 g/mol. The van der Waals surface area contributed by atoms with Crippen molar-refractivity contribution < 1.29 is 4.79 Å². The molecular weight excluding hydrogens is 286 g/mol. The van der Waals surface area contributed by atoms with E-state index < -0.39 is 0 Å².